The second-order valence-electron chi connectivity index (χ2n) is 4.45. The highest BCUT2D eigenvalue weighted by atomic mass is 15.0. The smallest absolute Gasteiger partial charge is 0.116 e. The Morgan fingerprint density at radius 3 is 2.87 bits per heavy atom. The van der Waals surface area contributed by atoms with Crippen LogP contribution in [0.25, 0.3) is 5.52 Å². The molecule has 3 rings (SSSR count). The molecule has 0 atom stereocenters. The van der Waals surface area contributed by atoms with Crippen molar-refractivity contribution in [3.8, 4) is 0 Å². The Hall–Kier alpha value is -1.31. The number of aromatic nitrogens is 2. The summed E-state index contributed by atoms with van der Waals surface area (Å²) in [6.45, 7) is 0. The summed E-state index contributed by atoms with van der Waals surface area (Å²) in [5.41, 5.74) is 1.22. The number of imidazole rings is 1. The maximum Gasteiger partial charge on any atom is 0.116 e. The molecule has 0 aliphatic heterocycles. The van der Waals surface area contributed by atoms with Crippen LogP contribution in [-0.2, 0) is 0 Å². The fourth-order valence-electron chi connectivity index (χ4n) is 2.63. The topological polar surface area (TPSA) is 17.3 Å². The molecule has 2 heteroatoms. The molecule has 0 spiro atoms. The zero-order chi connectivity index (χ0) is 10.1. The molecule has 1 aliphatic rings. The van der Waals surface area contributed by atoms with Gasteiger partial charge in [0.05, 0.1) is 11.7 Å². The van der Waals surface area contributed by atoms with Crippen LogP contribution in [0.15, 0.2) is 30.6 Å². The maximum absolute atomic E-state index is 4.58. The second-order valence-corrected chi connectivity index (χ2v) is 4.45. The standard InChI is InChI=1S/C13H16N2/c1-2-6-11(7-3-1)13-14-10-12-8-4-5-9-15(12)13/h4-5,8-11H,1-3,6-7H2. The van der Waals surface area contributed by atoms with Crippen LogP contribution in [0.3, 0.4) is 0 Å². The van der Waals surface area contributed by atoms with Crippen molar-refractivity contribution in [3.63, 3.8) is 0 Å². The zero-order valence-corrected chi connectivity index (χ0v) is 8.89. The first-order chi connectivity index (χ1) is 7.45. The lowest BCUT2D eigenvalue weighted by Gasteiger charge is -2.20. The van der Waals surface area contributed by atoms with E-state index in [2.05, 4.69) is 33.8 Å². The quantitative estimate of drug-likeness (QED) is 0.689. The lowest BCUT2D eigenvalue weighted by Crippen LogP contribution is -2.08. The summed E-state index contributed by atoms with van der Waals surface area (Å²) in [5, 5.41) is 0. The summed E-state index contributed by atoms with van der Waals surface area (Å²) in [6.07, 6.45) is 10.9. The van der Waals surface area contributed by atoms with E-state index in [4.69, 9.17) is 0 Å². The molecule has 0 saturated heterocycles. The SMILES string of the molecule is c1ccn2c(C3CCCCC3)ncc2c1. The molecule has 15 heavy (non-hydrogen) atoms. The Morgan fingerprint density at radius 2 is 2.00 bits per heavy atom. The van der Waals surface area contributed by atoms with Crippen LogP contribution in [0.2, 0.25) is 0 Å². The lowest BCUT2D eigenvalue weighted by molar-refractivity contribution is 0.428. The third-order valence-corrected chi connectivity index (χ3v) is 3.44. The molecule has 0 N–H and O–H groups in total. The van der Waals surface area contributed by atoms with Gasteiger partial charge in [0.15, 0.2) is 0 Å². The third kappa shape index (κ3) is 1.54. The molecular formula is C13H16N2. The summed E-state index contributed by atoms with van der Waals surface area (Å²) in [5.74, 6) is 1.95. The number of hydrogen-bond donors (Lipinski definition) is 0. The monoisotopic (exact) mass is 200 g/mol. The van der Waals surface area contributed by atoms with Crippen molar-refractivity contribution < 1.29 is 0 Å². The predicted molar refractivity (Wildman–Crippen MR) is 61.0 cm³/mol. The number of rotatable bonds is 1. The van der Waals surface area contributed by atoms with Crippen LogP contribution in [-0.4, -0.2) is 9.38 Å². The first-order valence-corrected chi connectivity index (χ1v) is 5.87. The van der Waals surface area contributed by atoms with Gasteiger partial charge in [-0.3, -0.25) is 0 Å². The fourth-order valence-corrected chi connectivity index (χ4v) is 2.63. The highest BCUT2D eigenvalue weighted by molar-refractivity contribution is 5.45. The van der Waals surface area contributed by atoms with Crippen LogP contribution in [0, 0.1) is 0 Å². The molecule has 0 amide bonds. The molecule has 78 valence electrons. The van der Waals surface area contributed by atoms with Crippen LogP contribution < -0.4 is 0 Å². The van der Waals surface area contributed by atoms with Crippen molar-refractivity contribution in [2.45, 2.75) is 38.0 Å². The Kier molecular flexibility index (Phi) is 2.20. The molecule has 2 heterocycles. The minimum absolute atomic E-state index is 0.684. The van der Waals surface area contributed by atoms with Crippen molar-refractivity contribution >= 4 is 5.52 Å². The molecule has 2 aromatic heterocycles. The zero-order valence-electron chi connectivity index (χ0n) is 8.89. The van der Waals surface area contributed by atoms with Gasteiger partial charge in [-0.1, -0.05) is 25.3 Å². The van der Waals surface area contributed by atoms with E-state index in [0.29, 0.717) is 5.92 Å². The molecule has 1 saturated carbocycles. The van der Waals surface area contributed by atoms with Gasteiger partial charge >= 0.3 is 0 Å². The summed E-state index contributed by atoms with van der Waals surface area (Å²) >= 11 is 0. The Morgan fingerprint density at radius 1 is 1.13 bits per heavy atom. The molecule has 1 fully saturated rings. The van der Waals surface area contributed by atoms with Gasteiger partial charge in [-0.05, 0) is 25.0 Å². The van der Waals surface area contributed by atoms with E-state index in [1.807, 2.05) is 6.20 Å². The normalized spacial score (nSPS) is 18.4. The highest BCUT2D eigenvalue weighted by Gasteiger charge is 2.19. The number of hydrogen-bond acceptors (Lipinski definition) is 1. The molecule has 2 nitrogen and oxygen atoms in total. The van der Waals surface area contributed by atoms with Gasteiger partial charge in [-0.15, -0.1) is 0 Å². The largest absolute Gasteiger partial charge is 0.304 e. The van der Waals surface area contributed by atoms with E-state index in [0.717, 1.165) is 0 Å². The van der Waals surface area contributed by atoms with E-state index < -0.39 is 0 Å². The van der Waals surface area contributed by atoms with Gasteiger partial charge in [0.25, 0.3) is 0 Å². The number of pyridine rings is 1. The van der Waals surface area contributed by atoms with Gasteiger partial charge in [0.2, 0.25) is 0 Å². The minimum Gasteiger partial charge on any atom is -0.304 e. The van der Waals surface area contributed by atoms with Crippen LogP contribution in [0.5, 0.6) is 0 Å². The molecule has 1 aliphatic carbocycles. The van der Waals surface area contributed by atoms with E-state index in [-0.39, 0.29) is 0 Å². The Balaban J connectivity index is 2.02. The van der Waals surface area contributed by atoms with Gasteiger partial charge in [0.1, 0.15) is 5.82 Å². The van der Waals surface area contributed by atoms with E-state index >= 15 is 0 Å². The average Bonchev–Trinajstić information content (AvgIpc) is 2.74. The molecule has 0 radical (unpaired) electrons. The number of nitrogens with zero attached hydrogens (tertiary/aromatic N) is 2. The maximum atomic E-state index is 4.58. The van der Waals surface area contributed by atoms with Crippen LogP contribution in [0.4, 0.5) is 0 Å². The Bertz CT molecular complexity index is 452. The van der Waals surface area contributed by atoms with Gasteiger partial charge in [-0.2, -0.15) is 0 Å². The summed E-state index contributed by atoms with van der Waals surface area (Å²) in [7, 11) is 0. The number of fused-ring (bicyclic) bond motifs is 1. The van der Waals surface area contributed by atoms with E-state index in [1.54, 1.807) is 0 Å². The van der Waals surface area contributed by atoms with Gasteiger partial charge < -0.3 is 4.40 Å². The summed E-state index contributed by atoms with van der Waals surface area (Å²) < 4.78 is 2.25. The van der Waals surface area contributed by atoms with Crippen molar-refractivity contribution in [3.05, 3.63) is 36.4 Å². The highest BCUT2D eigenvalue weighted by Crippen LogP contribution is 2.31. The predicted octanol–water partition coefficient (Wildman–Crippen LogP) is 3.38. The molecular weight excluding hydrogens is 184 g/mol. The van der Waals surface area contributed by atoms with Gasteiger partial charge in [-0.25, -0.2) is 4.98 Å². The lowest BCUT2D eigenvalue weighted by atomic mass is 9.89. The molecule has 0 unspecified atom stereocenters. The molecule has 2 aromatic rings. The first kappa shape index (κ1) is 8.96. The van der Waals surface area contributed by atoms with E-state index in [1.165, 1.54) is 43.4 Å². The van der Waals surface area contributed by atoms with Crippen molar-refractivity contribution in [2.24, 2.45) is 0 Å². The fraction of sp³-hybridized carbons (Fsp3) is 0.462. The van der Waals surface area contributed by atoms with Crippen molar-refractivity contribution in [1.82, 2.24) is 9.38 Å². The van der Waals surface area contributed by atoms with Crippen LogP contribution in [0.1, 0.15) is 43.8 Å². The third-order valence-electron chi connectivity index (χ3n) is 3.44. The molecule has 0 bridgehead atoms. The first-order valence-electron chi connectivity index (χ1n) is 5.87. The van der Waals surface area contributed by atoms with E-state index in [9.17, 15) is 0 Å². The second kappa shape index (κ2) is 3.69. The van der Waals surface area contributed by atoms with Crippen molar-refractivity contribution in [2.75, 3.05) is 0 Å². The molecule has 0 aromatic carbocycles. The van der Waals surface area contributed by atoms with Crippen LogP contribution >= 0.6 is 0 Å². The average molecular weight is 200 g/mol. The van der Waals surface area contributed by atoms with Crippen molar-refractivity contribution in [1.29, 1.82) is 0 Å². The minimum atomic E-state index is 0.684. The Labute approximate surface area is 90.0 Å². The summed E-state index contributed by atoms with van der Waals surface area (Å²) in [4.78, 5) is 4.58. The van der Waals surface area contributed by atoms with Gasteiger partial charge in [0, 0.05) is 12.1 Å². The summed E-state index contributed by atoms with van der Waals surface area (Å²) in [6, 6.07) is 6.28.